The lowest BCUT2D eigenvalue weighted by atomic mass is 9.81. The van der Waals surface area contributed by atoms with Crippen molar-refractivity contribution in [2.45, 2.75) is 51.0 Å². The van der Waals surface area contributed by atoms with Crippen LogP contribution in [0.25, 0.3) is 0 Å². The maximum atomic E-state index is 5.69. The Morgan fingerprint density at radius 3 is 2.80 bits per heavy atom. The highest BCUT2D eigenvalue weighted by Gasteiger charge is 2.42. The summed E-state index contributed by atoms with van der Waals surface area (Å²) in [7, 11) is 0. The van der Waals surface area contributed by atoms with E-state index >= 15 is 0 Å². The van der Waals surface area contributed by atoms with Crippen LogP contribution in [0.4, 0.5) is 0 Å². The van der Waals surface area contributed by atoms with Crippen LogP contribution < -0.4 is 11.3 Å². The molecule has 0 aromatic rings. The molecule has 2 heteroatoms. The molecule has 4 unspecified atom stereocenters. The summed E-state index contributed by atoms with van der Waals surface area (Å²) in [5.41, 5.74) is 3.05. The van der Waals surface area contributed by atoms with Gasteiger partial charge in [0.25, 0.3) is 0 Å². The number of hydrogen-bond donors (Lipinski definition) is 2. The Morgan fingerprint density at radius 2 is 2.27 bits per heavy atom. The summed E-state index contributed by atoms with van der Waals surface area (Å²) < 4.78 is 0. The molecule has 3 N–H and O–H groups in total. The maximum Gasteiger partial charge on any atom is 0.0241 e. The third kappa shape index (κ3) is 2.43. The van der Waals surface area contributed by atoms with Gasteiger partial charge in [-0.25, -0.2) is 0 Å². The Kier molecular flexibility index (Phi) is 3.81. The molecule has 0 aliphatic heterocycles. The van der Waals surface area contributed by atoms with Crippen LogP contribution in [-0.4, -0.2) is 6.04 Å². The molecule has 2 rings (SSSR count). The zero-order valence-electron chi connectivity index (χ0n) is 9.62. The van der Waals surface area contributed by atoms with Crippen molar-refractivity contribution in [3.05, 3.63) is 12.7 Å². The molecule has 4 atom stereocenters. The molecule has 2 nitrogen and oxygen atoms in total. The smallest absolute Gasteiger partial charge is 0.0241 e. The normalized spacial score (nSPS) is 35.7. The number of hydrazine groups is 1. The van der Waals surface area contributed by atoms with Crippen molar-refractivity contribution in [1.29, 1.82) is 0 Å². The lowest BCUT2D eigenvalue weighted by molar-refractivity contribution is 0.237. The van der Waals surface area contributed by atoms with Crippen LogP contribution in [0.5, 0.6) is 0 Å². The van der Waals surface area contributed by atoms with E-state index in [0.717, 1.165) is 24.2 Å². The number of nitrogens with one attached hydrogen (secondary N) is 1. The third-order valence-electron chi connectivity index (χ3n) is 4.45. The van der Waals surface area contributed by atoms with E-state index in [1.54, 1.807) is 0 Å². The first kappa shape index (κ1) is 11.2. The SMILES string of the molecule is C=CCCCC(NN)C1CC2CCC1C2. The van der Waals surface area contributed by atoms with Gasteiger partial charge in [0.05, 0.1) is 0 Å². The minimum atomic E-state index is 0.556. The monoisotopic (exact) mass is 208 g/mol. The highest BCUT2D eigenvalue weighted by Crippen LogP contribution is 2.49. The molecular formula is C13H24N2. The van der Waals surface area contributed by atoms with Crippen molar-refractivity contribution in [2.75, 3.05) is 0 Å². The maximum absolute atomic E-state index is 5.69. The predicted octanol–water partition coefficient (Wildman–Crippen LogP) is 2.61. The van der Waals surface area contributed by atoms with Gasteiger partial charge in [0, 0.05) is 6.04 Å². The quantitative estimate of drug-likeness (QED) is 0.305. The van der Waals surface area contributed by atoms with Gasteiger partial charge >= 0.3 is 0 Å². The largest absolute Gasteiger partial charge is 0.271 e. The van der Waals surface area contributed by atoms with Crippen LogP contribution in [0, 0.1) is 17.8 Å². The molecule has 0 saturated heterocycles. The average Bonchev–Trinajstić information content (AvgIpc) is 2.86. The molecule has 0 amide bonds. The second kappa shape index (κ2) is 5.13. The molecule has 2 aliphatic carbocycles. The van der Waals surface area contributed by atoms with Crippen LogP contribution in [0.15, 0.2) is 12.7 Å². The van der Waals surface area contributed by atoms with Crippen LogP contribution in [0.2, 0.25) is 0 Å². The third-order valence-corrected chi connectivity index (χ3v) is 4.45. The molecular weight excluding hydrogens is 184 g/mol. The van der Waals surface area contributed by atoms with E-state index < -0.39 is 0 Å². The number of hydrogen-bond acceptors (Lipinski definition) is 2. The zero-order valence-corrected chi connectivity index (χ0v) is 9.62. The van der Waals surface area contributed by atoms with Gasteiger partial charge < -0.3 is 0 Å². The van der Waals surface area contributed by atoms with Crippen LogP contribution >= 0.6 is 0 Å². The van der Waals surface area contributed by atoms with Crippen LogP contribution in [0.3, 0.4) is 0 Å². The molecule has 0 aromatic carbocycles. The van der Waals surface area contributed by atoms with Gasteiger partial charge in [0.15, 0.2) is 0 Å². The van der Waals surface area contributed by atoms with E-state index in [1.807, 2.05) is 6.08 Å². The van der Waals surface area contributed by atoms with Crippen molar-refractivity contribution in [1.82, 2.24) is 5.43 Å². The van der Waals surface area contributed by atoms with Gasteiger partial charge in [0.1, 0.15) is 0 Å². The van der Waals surface area contributed by atoms with Gasteiger partial charge in [-0.3, -0.25) is 11.3 Å². The Hall–Kier alpha value is -0.340. The highest BCUT2D eigenvalue weighted by atomic mass is 15.2. The molecule has 2 bridgehead atoms. The Balaban J connectivity index is 1.81. The molecule has 0 radical (unpaired) electrons. The average molecular weight is 208 g/mol. The topological polar surface area (TPSA) is 38.0 Å². The second-order valence-electron chi connectivity index (χ2n) is 5.33. The number of rotatable bonds is 6. The summed E-state index contributed by atoms with van der Waals surface area (Å²) in [6.45, 7) is 3.77. The van der Waals surface area contributed by atoms with Crippen molar-refractivity contribution in [3.8, 4) is 0 Å². The molecule has 2 fully saturated rings. The highest BCUT2D eigenvalue weighted by molar-refractivity contribution is 4.94. The summed E-state index contributed by atoms with van der Waals surface area (Å²) >= 11 is 0. The summed E-state index contributed by atoms with van der Waals surface area (Å²) in [4.78, 5) is 0. The fourth-order valence-electron chi connectivity index (χ4n) is 3.69. The number of nitrogens with two attached hydrogens (primary N) is 1. The summed E-state index contributed by atoms with van der Waals surface area (Å²) in [5.74, 6) is 8.55. The van der Waals surface area contributed by atoms with Crippen LogP contribution in [-0.2, 0) is 0 Å². The molecule has 86 valence electrons. The first-order valence-corrected chi connectivity index (χ1v) is 6.42. The molecule has 2 aliphatic rings. The van der Waals surface area contributed by atoms with Crippen molar-refractivity contribution in [3.63, 3.8) is 0 Å². The minimum absolute atomic E-state index is 0.556. The van der Waals surface area contributed by atoms with Crippen molar-refractivity contribution >= 4 is 0 Å². The summed E-state index contributed by atoms with van der Waals surface area (Å²) in [5, 5.41) is 0. The summed E-state index contributed by atoms with van der Waals surface area (Å²) in [6, 6.07) is 0.556. The Bertz CT molecular complexity index is 215. The van der Waals surface area contributed by atoms with Gasteiger partial charge in [0.2, 0.25) is 0 Å². The fourth-order valence-corrected chi connectivity index (χ4v) is 3.69. The molecule has 15 heavy (non-hydrogen) atoms. The van der Waals surface area contributed by atoms with Gasteiger partial charge in [-0.1, -0.05) is 12.5 Å². The van der Waals surface area contributed by atoms with E-state index in [9.17, 15) is 0 Å². The lowest BCUT2D eigenvalue weighted by Crippen LogP contribution is -2.42. The zero-order chi connectivity index (χ0) is 10.7. The van der Waals surface area contributed by atoms with E-state index in [2.05, 4.69) is 12.0 Å². The van der Waals surface area contributed by atoms with Gasteiger partial charge in [-0.2, -0.15) is 0 Å². The molecule has 0 aromatic heterocycles. The van der Waals surface area contributed by atoms with E-state index in [4.69, 9.17) is 5.84 Å². The van der Waals surface area contributed by atoms with E-state index in [0.29, 0.717) is 6.04 Å². The van der Waals surface area contributed by atoms with Crippen molar-refractivity contribution in [2.24, 2.45) is 23.6 Å². The van der Waals surface area contributed by atoms with Crippen molar-refractivity contribution < 1.29 is 0 Å². The molecule has 2 saturated carbocycles. The number of allylic oxidation sites excluding steroid dienone is 1. The number of fused-ring (bicyclic) bond motifs is 2. The predicted molar refractivity (Wildman–Crippen MR) is 64.1 cm³/mol. The van der Waals surface area contributed by atoms with Crippen LogP contribution in [0.1, 0.15) is 44.9 Å². The van der Waals surface area contributed by atoms with Gasteiger partial charge in [-0.15, -0.1) is 6.58 Å². The van der Waals surface area contributed by atoms with Gasteiger partial charge in [-0.05, 0) is 56.3 Å². The first-order valence-electron chi connectivity index (χ1n) is 6.42. The molecule has 0 heterocycles. The standard InChI is InChI=1S/C13H24N2/c1-2-3-4-5-13(15-14)12-9-10-6-7-11(12)8-10/h2,10-13,15H,1,3-9,14H2. The lowest BCUT2D eigenvalue weighted by Gasteiger charge is -2.30. The van der Waals surface area contributed by atoms with E-state index in [-0.39, 0.29) is 0 Å². The first-order chi connectivity index (χ1) is 7.35. The van der Waals surface area contributed by atoms with E-state index in [1.165, 1.54) is 38.5 Å². The number of unbranched alkanes of at least 4 members (excludes halogenated alkanes) is 1. The minimum Gasteiger partial charge on any atom is -0.271 e. The Morgan fingerprint density at radius 1 is 1.40 bits per heavy atom. The Labute approximate surface area is 93.3 Å². The second-order valence-corrected chi connectivity index (χ2v) is 5.33. The summed E-state index contributed by atoms with van der Waals surface area (Å²) in [6.07, 6.45) is 11.4. The molecule has 0 spiro atoms. The fraction of sp³-hybridized carbons (Fsp3) is 0.846.